The molecular formula is C25H29N2O2S+. The smallest absolute Gasteiger partial charge is 0.275 e. The van der Waals surface area contributed by atoms with Gasteiger partial charge in [-0.05, 0) is 42.3 Å². The number of hydrogen-bond donors (Lipinski definition) is 2. The van der Waals surface area contributed by atoms with E-state index in [1.165, 1.54) is 22.9 Å². The molecule has 156 valence electrons. The van der Waals surface area contributed by atoms with E-state index in [1.807, 2.05) is 41.7 Å². The minimum atomic E-state index is -0.502. The van der Waals surface area contributed by atoms with Crippen molar-refractivity contribution in [3.8, 4) is 0 Å². The largest absolute Gasteiger partial charge is 0.341 e. The predicted octanol–water partition coefficient (Wildman–Crippen LogP) is 3.28. The Morgan fingerprint density at radius 2 is 1.70 bits per heavy atom. The summed E-state index contributed by atoms with van der Waals surface area (Å²) >= 11 is 1.69. The highest BCUT2D eigenvalue weighted by Gasteiger charge is 2.22. The second kappa shape index (κ2) is 10.9. The molecule has 1 aromatic heterocycles. The normalized spacial score (nSPS) is 12.9. The Morgan fingerprint density at radius 1 is 0.967 bits per heavy atom. The molecule has 30 heavy (non-hydrogen) atoms. The number of Topliss-reactive ketones (excluding diaryl/α,β-unsaturated/α-hetero) is 1. The van der Waals surface area contributed by atoms with Gasteiger partial charge in [-0.15, -0.1) is 11.3 Å². The van der Waals surface area contributed by atoms with E-state index in [1.54, 1.807) is 11.3 Å². The molecule has 0 saturated heterocycles. The third kappa shape index (κ3) is 6.12. The first-order chi connectivity index (χ1) is 14.6. The number of hydrogen-bond acceptors (Lipinski definition) is 3. The molecule has 0 unspecified atom stereocenters. The average Bonchev–Trinajstić information content (AvgIpc) is 3.29. The topological polar surface area (TPSA) is 62.8 Å². The fourth-order valence-electron chi connectivity index (χ4n) is 3.47. The summed E-state index contributed by atoms with van der Waals surface area (Å²) in [7, 11) is 0. The molecule has 3 rings (SSSR count). The van der Waals surface area contributed by atoms with Crippen LogP contribution in [-0.2, 0) is 22.4 Å². The van der Waals surface area contributed by atoms with Crippen molar-refractivity contribution in [3.05, 3.63) is 93.7 Å². The maximum Gasteiger partial charge on any atom is 0.275 e. The summed E-state index contributed by atoms with van der Waals surface area (Å²) in [5.41, 5.74) is 3.51. The van der Waals surface area contributed by atoms with Gasteiger partial charge < -0.3 is 10.6 Å². The lowest BCUT2D eigenvalue weighted by molar-refractivity contribution is -0.676. The monoisotopic (exact) mass is 421 g/mol. The maximum atomic E-state index is 12.7. The number of carbonyl (C=O) groups excluding carboxylic acids is 2. The van der Waals surface area contributed by atoms with Gasteiger partial charge in [-0.25, -0.2) is 0 Å². The fraction of sp³-hybridized carbons (Fsp3) is 0.280. The molecule has 0 radical (unpaired) electrons. The van der Waals surface area contributed by atoms with Crippen molar-refractivity contribution < 1.29 is 14.9 Å². The Morgan fingerprint density at radius 3 is 2.30 bits per heavy atom. The number of aryl methyl sites for hydroxylation is 1. The number of rotatable bonds is 10. The van der Waals surface area contributed by atoms with Crippen molar-refractivity contribution in [2.45, 2.75) is 38.8 Å². The Bertz CT molecular complexity index is 937. The van der Waals surface area contributed by atoms with Crippen LogP contribution >= 0.6 is 11.3 Å². The zero-order valence-electron chi connectivity index (χ0n) is 17.5. The maximum absolute atomic E-state index is 12.7. The number of amides is 1. The van der Waals surface area contributed by atoms with E-state index in [4.69, 9.17) is 0 Å². The van der Waals surface area contributed by atoms with Gasteiger partial charge in [-0.3, -0.25) is 9.59 Å². The molecule has 3 N–H and O–H groups in total. The highest BCUT2D eigenvalue weighted by Crippen LogP contribution is 2.23. The molecule has 5 heteroatoms. The third-order valence-corrected chi connectivity index (χ3v) is 6.20. The van der Waals surface area contributed by atoms with Crippen LogP contribution in [0.15, 0.2) is 72.1 Å². The van der Waals surface area contributed by atoms with E-state index in [2.05, 4.69) is 48.0 Å². The van der Waals surface area contributed by atoms with Gasteiger partial charge in [0.15, 0.2) is 12.3 Å². The fourth-order valence-corrected chi connectivity index (χ4v) is 4.32. The average molecular weight is 422 g/mol. The standard InChI is InChI=1S/C25H28N2O2S/c1-3-19-11-13-21(14-12-19)25(23-10-7-15-30-23)26-17-24(29)27-22(18(2)28)16-20-8-5-4-6-9-20/h4-15,22,25-26H,3,16-17H2,1-2H3,(H,27,29)/p+1/t22-,25+/m0/s1. The molecule has 3 aromatic rings. The predicted molar refractivity (Wildman–Crippen MR) is 122 cm³/mol. The van der Waals surface area contributed by atoms with Crippen molar-refractivity contribution >= 4 is 23.0 Å². The van der Waals surface area contributed by atoms with Gasteiger partial charge in [-0.1, -0.05) is 67.6 Å². The quantitative estimate of drug-likeness (QED) is 0.528. The molecule has 0 aliphatic rings. The van der Waals surface area contributed by atoms with Crippen LogP contribution in [0.1, 0.15) is 41.5 Å². The van der Waals surface area contributed by atoms with Gasteiger partial charge in [-0.2, -0.15) is 0 Å². The van der Waals surface area contributed by atoms with Gasteiger partial charge >= 0.3 is 0 Å². The number of thiophene rings is 1. The highest BCUT2D eigenvalue weighted by atomic mass is 32.1. The van der Waals surface area contributed by atoms with Crippen LogP contribution in [0.5, 0.6) is 0 Å². The van der Waals surface area contributed by atoms with E-state index in [0.717, 1.165) is 12.0 Å². The van der Waals surface area contributed by atoms with Gasteiger partial charge in [0.2, 0.25) is 0 Å². The van der Waals surface area contributed by atoms with Crippen LogP contribution in [0.2, 0.25) is 0 Å². The minimum Gasteiger partial charge on any atom is -0.341 e. The van der Waals surface area contributed by atoms with Crippen molar-refractivity contribution in [1.82, 2.24) is 5.32 Å². The molecular weight excluding hydrogens is 392 g/mol. The zero-order valence-corrected chi connectivity index (χ0v) is 18.3. The number of benzene rings is 2. The zero-order chi connectivity index (χ0) is 21.3. The summed E-state index contributed by atoms with van der Waals surface area (Å²) in [6, 6.07) is 22.1. The molecule has 4 nitrogen and oxygen atoms in total. The van der Waals surface area contributed by atoms with Crippen molar-refractivity contribution in [2.24, 2.45) is 0 Å². The van der Waals surface area contributed by atoms with Gasteiger partial charge in [0.1, 0.15) is 6.04 Å². The number of quaternary nitrogens is 1. The Balaban J connectivity index is 1.65. The van der Waals surface area contributed by atoms with Crippen LogP contribution in [0, 0.1) is 0 Å². The molecule has 0 aliphatic carbocycles. The molecule has 1 heterocycles. The second-order valence-corrected chi connectivity index (χ2v) is 8.43. The molecule has 0 saturated carbocycles. The number of nitrogens with one attached hydrogen (secondary N) is 1. The van der Waals surface area contributed by atoms with Gasteiger partial charge in [0, 0.05) is 5.56 Å². The van der Waals surface area contributed by atoms with E-state index in [-0.39, 0.29) is 24.3 Å². The SMILES string of the molecule is CCc1ccc([C@@H]([NH2+]CC(=O)N[C@@H](Cc2ccccc2)C(C)=O)c2cccs2)cc1. The molecule has 2 aromatic carbocycles. The molecule has 0 fully saturated rings. The summed E-state index contributed by atoms with van der Waals surface area (Å²) in [5, 5.41) is 7.02. The van der Waals surface area contributed by atoms with Gasteiger partial charge in [0.05, 0.1) is 10.9 Å². The lowest BCUT2D eigenvalue weighted by Gasteiger charge is -2.18. The first-order valence-electron chi connectivity index (χ1n) is 10.4. The number of nitrogens with two attached hydrogens (primary N) is 1. The molecule has 1 amide bonds. The Labute approximate surface area is 182 Å². The molecule has 2 atom stereocenters. The lowest BCUT2D eigenvalue weighted by atomic mass is 10.0. The summed E-state index contributed by atoms with van der Waals surface area (Å²) < 4.78 is 0. The first kappa shape index (κ1) is 21.9. The lowest BCUT2D eigenvalue weighted by Crippen LogP contribution is -2.87. The summed E-state index contributed by atoms with van der Waals surface area (Å²) in [6.45, 7) is 3.93. The Kier molecular flexibility index (Phi) is 7.94. The van der Waals surface area contributed by atoms with E-state index >= 15 is 0 Å². The van der Waals surface area contributed by atoms with E-state index in [0.29, 0.717) is 6.42 Å². The van der Waals surface area contributed by atoms with Crippen LogP contribution in [0.3, 0.4) is 0 Å². The molecule has 0 bridgehead atoms. The summed E-state index contributed by atoms with van der Waals surface area (Å²) in [5.74, 6) is -0.157. The number of carbonyl (C=O) groups is 2. The van der Waals surface area contributed by atoms with Crippen molar-refractivity contribution in [1.29, 1.82) is 0 Å². The van der Waals surface area contributed by atoms with Crippen LogP contribution < -0.4 is 10.6 Å². The van der Waals surface area contributed by atoms with E-state index < -0.39 is 6.04 Å². The third-order valence-electron chi connectivity index (χ3n) is 5.24. The van der Waals surface area contributed by atoms with Crippen LogP contribution in [0.4, 0.5) is 0 Å². The highest BCUT2D eigenvalue weighted by molar-refractivity contribution is 7.10. The van der Waals surface area contributed by atoms with Crippen molar-refractivity contribution in [2.75, 3.05) is 6.54 Å². The summed E-state index contributed by atoms with van der Waals surface area (Å²) in [4.78, 5) is 25.9. The number of ketones is 1. The minimum absolute atomic E-state index is 0.0304. The van der Waals surface area contributed by atoms with Gasteiger partial charge in [0.25, 0.3) is 5.91 Å². The van der Waals surface area contributed by atoms with Crippen LogP contribution in [0.25, 0.3) is 0 Å². The summed E-state index contributed by atoms with van der Waals surface area (Å²) in [6.07, 6.45) is 1.51. The first-order valence-corrected chi connectivity index (χ1v) is 11.2. The van der Waals surface area contributed by atoms with Crippen LogP contribution in [-0.4, -0.2) is 24.3 Å². The molecule has 0 aliphatic heterocycles. The van der Waals surface area contributed by atoms with Crippen molar-refractivity contribution in [3.63, 3.8) is 0 Å². The Hall–Kier alpha value is -2.76. The molecule has 0 spiro atoms. The second-order valence-electron chi connectivity index (χ2n) is 7.45. The van der Waals surface area contributed by atoms with E-state index in [9.17, 15) is 9.59 Å².